The Bertz CT molecular complexity index is 734. The minimum atomic E-state index is 0.724. The summed E-state index contributed by atoms with van der Waals surface area (Å²) in [7, 11) is 0. The maximum Gasteiger partial charge on any atom is 0.212 e. The van der Waals surface area contributed by atoms with E-state index < -0.39 is 0 Å². The lowest BCUT2D eigenvalue weighted by Gasteiger charge is -1.99. The summed E-state index contributed by atoms with van der Waals surface area (Å²) >= 11 is 0. The number of hydrogen-bond donors (Lipinski definition) is 2. The van der Waals surface area contributed by atoms with Crippen LogP contribution in [0.15, 0.2) is 64.7 Å². The molecule has 1 aliphatic rings. The number of hydrogen-bond acceptors (Lipinski definition) is 4. The van der Waals surface area contributed by atoms with Crippen LogP contribution in [0.2, 0.25) is 0 Å². The Balaban J connectivity index is 1.60. The van der Waals surface area contributed by atoms with Gasteiger partial charge in [-0.05, 0) is 29.8 Å². The van der Waals surface area contributed by atoms with Crippen LogP contribution >= 0.6 is 0 Å². The molecular formula is C18H16N4. The third-order valence-electron chi connectivity index (χ3n) is 3.09. The van der Waals surface area contributed by atoms with Gasteiger partial charge in [-0.25, -0.2) is 10.4 Å². The van der Waals surface area contributed by atoms with Crippen molar-refractivity contribution in [2.75, 3.05) is 13.1 Å². The van der Waals surface area contributed by atoms with Gasteiger partial charge in [-0.3, -0.25) is 0 Å². The predicted octanol–water partition coefficient (Wildman–Crippen LogP) is 1.97. The lowest BCUT2D eigenvalue weighted by molar-refractivity contribution is 0.920. The van der Waals surface area contributed by atoms with E-state index in [0.717, 1.165) is 35.7 Å². The summed E-state index contributed by atoms with van der Waals surface area (Å²) in [5.74, 6) is 7.01. The molecule has 0 fully saturated rings. The number of rotatable bonds is 2. The van der Waals surface area contributed by atoms with Gasteiger partial charge in [0.2, 0.25) is 5.96 Å². The van der Waals surface area contributed by atoms with Crippen molar-refractivity contribution >= 4 is 12.2 Å². The molecule has 4 heteroatoms. The molecule has 0 amide bonds. The smallest absolute Gasteiger partial charge is 0.212 e. The molecule has 3 rings (SSSR count). The van der Waals surface area contributed by atoms with Gasteiger partial charge in [-0.15, -0.1) is 0 Å². The normalized spacial score (nSPS) is 13.2. The molecule has 0 spiro atoms. The number of guanidine groups is 1. The fourth-order valence-corrected chi connectivity index (χ4v) is 1.96. The summed E-state index contributed by atoms with van der Waals surface area (Å²) in [6, 6.07) is 17.9. The SMILES string of the molecule is C(#Cc1ccc(/C=N/NC2=NCCN2)cc1)c1ccccc1. The van der Waals surface area contributed by atoms with E-state index in [9.17, 15) is 0 Å². The van der Waals surface area contributed by atoms with E-state index in [1.807, 2.05) is 54.6 Å². The van der Waals surface area contributed by atoms with E-state index in [0.29, 0.717) is 0 Å². The maximum absolute atomic E-state index is 4.20. The predicted molar refractivity (Wildman–Crippen MR) is 89.9 cm³/mol. The van der Waals surface area contributed by atoms with Crippen LogP contribution in [0.4, 0.5) is 0 Å². The van der Waals surface area contributed by atoms with Gasteiger partial charge in [-0.2, -0.15) is 5.10 Å². The van der Waals surface area contributed by atoms with Crippen molar-refractivity contribution in [1.82, 2.24) is 10.7 Å². The molecule has 0 atom stereocenters. The van der Waals surface area contributed by atoms with Crippen LogP contribution in [-0.4, -0.2) is 25.3 Å². The van der Waals surface area contributed by atoms with Gasteiger partial charge in [0.1, 0.15) is 0 Å². The second-order valence-corrected chi connectivity index (χ2v) is 4.77. The van der Waals surface area contributed by atoms with Gasteiger partial charge in [0.25, 0.3) is 0 Å². The molecule has 108 valence electrons. The van der Waals surface area contributed by atoms with Crippen molar-refractivity contribution in [2.45, 2.75) is 0 Å². The minimum Gasteiger partial charge on any atom is -0.353 e. The number of aliphatic imine (C=N–C) groups is 1. The molecule has 2 aromatic rings. The Morgan fingerprint density at radius 2 is 1.73 bits per heavy atom. The van der Waals surface area contributed by atoms with Crippen molar-refractivity contribution < 1.29 is 0 Å². The second-order valence-electron chi connectivity index (χ2n) is 4.77. The highest BCUT2D eigenvalue weighted by atomic mass is 15.4. The molecule has 4 nitrogen and oxygen atoms in total. The molecule has 22 heavy (non-hydrogen) atoms. The number of nitrogens with zero attached hydrogens (tertiary/aromatic N) is 2. The lowest BCUT2D eigenvalue weighted by atomic mass is 10.1. The molecule has 1 heterocycles. The van der Waals surface area contributed by atoms with Crippen LogP contribution in [0.5, 0.6) is 0 Å². The topological polar surface area (TPSA) is 48.8 Å². The van der Waals surface area contributed by atoms with E-state index in [2.05, 4.69) is 32.7 Å². The van der Waals surface area contributed by atoms with Gasteiger partial charge in [-0.1, -0.05) is 42.2 Å². The minimum absolute atomic E-state index is 0.724. The fraction of sp³-hybridized carbons (Fsp3) is 0.111. The fourth-order valence-electron chi connectivity index (χ4n) is 1.96. The first-order valence-electron chi connectivity index (χ1n) is 7.15. The Hall–Kier alpha value is -3.06. The first-order chi connectivity index (χ1) is 10.9. The van der Waals surface area contributed by atoms with Crippen LogP contribution in [0.1, 0.15) is 16.7 Å². The number of benzene rings is 2. The summed E-state index contributed by atoms with van der Waals surface area (Å²) < 4.78 is 0. The van der Waals surface area contributed by atoms with Crippen molar-refractivity contribution in [3.05, 3.63) is 71.3 Å². The largest absolute Gasteiger partial charge is 0.353 e. The number of hydrazone groups is 1. The Morgan fingerprint density at radius 3 is 2.41 bits per heavy atom. The Labute approximate surface area is 130 Å². The third kappa shape index (κ3) is 3.97. The zero-order valence-corrected chi connectivity index (χ0v) is 12.1. The Morgan fingerprint density at radius 1 is 1.00 bits per heavy atom. The first kappa shape index (κ1) is 13.9. The molecule has 0 aliphatic carbocycles. The molecule has 2 N–H and O–H groups in total. The van der Waals surface area contributed by atoms with Gasteiger partial charge >= 0.3 is 0 Å². The average Bonchev–Trinajstić information content (AvgIpc) is 3.08. The van der Waals surface area contributed by atoms with E-state index >= 15 is 0 Å². The molecule has 0 saturated heterocycles. The quantitative estimate of drug-likeness (QED) is 0.504. The summed E-state index contributed by atoms with van der Waals surface area (Å²) in [6.45, 7) is 1.67. The zero-order valence-electron chi connectivity index (χ0n) is 12.1. The first-order valence-corrected chi connectivity index (χ1v) is 7.15. The standard InChI is InChI=1S/C18H16N4/c1-2-4-15(5-3-1)6-7-16-8-10-17(11-9-16)14-21-22-18-19-12-13-20-18/h1-5,8-11,14H,12-13H2,(H2,19,20,22)/b21-14+. The highest BCUT2D eigenvalue weighted by molar-refractivity contribution is 5.84. The monoisotopic (exact) mass is 288 g/mol. The lowest BCUT2D eigenvalue weighted by Crippen LogP contribution is -2.30. The zero-order chi connectivity index (χ0) is 15.0. The van der Waals surface area contributed by atoms with E-state index in [4.69, 9.17) is 0 Å². The van der Waals surface area contributed by atoms with E-state index in [1.165, 1.54) is 0 Å². The van der Waals surface area contributed by atoms with Gasteiger partial charge in [0, 0.05) is 17.7 Å². The molecule has 0 bridgehead atoms. The highest BCUT2D eigenvalue weighted by Gasteiger charge is 2.01. The van der Waals surface area contributed by atoms with Crippen LogP contribution in [0, 0.1) is 11.8 Å². The van der Waals surface area contributed by atoms with Crippen molar-refractivity contribution in [3.63, 3.8) is 0 Å². The molecule has 2 aromatic carbocycles. The maximum atomic E-state index is 4.20. The van der Waals surface area contributed by atoms with E-state index in [1.54, 1.807) is 6.21 Å². The number of nitrogens with one attached hydrogen (secondary N) is 2. The van der Waals surface area contributed by atoms with Crippen LogP contribution in [0.3, 0.4) is 0 Å². The molecule has 0 radical (unpaired) electrons. The molecular weight excluding hydrogens is 272 g/mol. The second kappa shape index (κ2) is 7.09. The summed E-state index contributed by atoms with van der Waals surface area (Å²) in [5.41, 5.74) is 5.88. The van der Waals surface area contributed by atoms with Crippen molar-refractivity contribution in [1.29, 1.82) is 0 Å². The summed E-state index contributed by atoms with van der Waals surface area (Å²) in [4.78, 5) is 4.20. The third-order valence-corrected chi connectivity index (χ3v) is 3.09. The summed E-state index contributed by atoms with van der Waals surface area (Å²) in [5, 5.41) is 7.23. The average molecular weight is 288 g/mol. The summed E-state index contributed by atoms with van der Waals surface area (Å²) in [6.07, 6.45) is 1.76. The van der Waals surface area contributed by atoms with E-state index in [-0.39, 0.29) is 0 Å². The molecule has 0 saturated carbocycles. The van der Waals surface area contributed by atoms with Crippen molar-refractivity contribution in [3.8, 4) is 11.8 Å². The highest BCUT2D eigenvalue weighted by Crippen LogP contribution is 2.02. The van der Waals surface area contributed by atoms with Crippen LogP contribution < -0.4 is 10.7 Å². The van der Waals surface area contributed by atoms with Gasteiger partial charge in [0.05, 0.1) is 12.8 Å². The van der Waals surface area contributed by atoms with Gasteiger partial charge < -0.3 is 5.32 Å². The molecule has 0 unspecified atom stereocenters. The van der Waals surface area contributed by atoms with Crippen molar-refractivity contribution in [2.24, 2.45) is 10.1 Å². The Kier molecular flexibility index (Phi) is 4.48. The molecule has 0 aromatic heterocycles. The van der Waals surface area contributed by atoms with Gasteiger partial charge in [0.15, 0.2) is 0 Å². The molecule has 1 aliphatic heterocycles. The van der Waals surface area contributed by atoms with Crippen LogP contribution in [0.25, 0.3) is 0 Å². The van der Waals surface area contributed by atoms with Crippen LogP contribution in [-0.2, 0) is 0 Å².